The Labute approximate surface area is 161 Å². The number of rotatable bonds is 3. The standard InChI is InChI=1S/C21H19N3O2S/c1-14-11-22-21-24(20(14)26)12-16(13-27-21)19(25)23-18-10-6-5-9-17(18)15-7-3-2-4-8-15/h2-11,16H,12-13H2,1H3,(H,23,25). The SMILES string of the molecule is Cc1cnc2n(c1=O)CC(C(=O)Nc1ccccc1-c1ccccc1)CS2. The van der Waals surface area contributed by atoms with Crippen molar-refractivity contribution in [1.29, 1.82) is 0 Å². The van der Waals surface area contributed by atoms with Gasteiger partial charge in [-0.1, -0.05) is 60.3 Å². The number of aromatic nitrogens is 2. The lowest BCUT2D eigenvalue weighted by atomic mass is 10.0. The number of fused-ring (bicyclic) bond motifs is 1. The Morgan fingerprint density at radius 2 is 1.89 bits per heavy atom. The summed E-state index contributed by atoms with van der Waals surface area (Å²) in [5.74, 6) is 0.243. The highest BCUT2D eigenvalue weighted by atomic mass is 32.2. The van der Waals surface area contributed by atoms with Crippen LogP contribution < -0.4 is 10.9 Å². The van der Waals surface area contributed by atoms with E-state index in [-0.39, 0.29) is 17.4 Å². The van der Waals surface area contributed by atoms with Crippen LogP contribution in [-0.2, 0) is 11.3 Å². The highest BCUT2D eigenvalue weighted by Crippen LogP contribution is 2.30. The molecule has 4 rings (SSSR count). The van der Waals surface area contributed by atoms with Gasteiger partial charge in [0.1, 0.15) is 0 Å². The molecule has 1 atom stereocenters. The van der Waals surface area contributed by atoms with Crippen molar-refractivity contribution in [3.8, 4) is 11.1 Å². The number of carbonyl (C=O) groups is 1. The van der Waals surface area contributed by atoms with Crippen LogP contribution >= 0.6 is 11.8 Å². The van der Waals surface area contributed by atoms with Gasteiger partial charge in [0.2, 0.25) is 5.91 Å². The number of hydrogen-bond donors (Lipinski definition) is 1. The van der Waals surface area contributed by atoms with Crippen molar-refractivity contribution >= 4 is 23.4 Å². The summed E-state index contributed by atoms with van der Waals surface area (Å²) in [4.78, 5) is 29.6. The third kappa shape index (κ3) is 3.53. The second kappa shape index (κ2) is 7.40. The maximum Gasteiger partial charge on any atom is 0.257 e. The topological polar surface area (TPSA) is 64.0 Å². The van der Waals surface area contributed by atoms with Crippen LogP contribution in [0.3, 0.4) is 0 Å². The number of anilines is 1. The molecule has 0 saturated heterocycles. The molecule has 0 bridgehead atoms. The van der Waals surface area contributed by atoms with Gasteiger partial charge in [0, 0.05) is 35.3 Å². The van der Waals surface area contributed by atoms with Crippen LogP contribution in [0.25, 0.3) is 11.1 Å². The molecule has 3 aromatic rings. The third-order valence-electron chi connectivity index (χ3n) is 4.64. The lowest BCUT2D eigenvalue weighted by Crippen LogP contribution is -2.37. The Bertz CT molecular complexity index is 1050. The number of aryl methyl sites for hydroxylation is 1. The van der Waals surface area contributed by atoms with Crippen molar-refractivity contribution in [3.05, 3.63) is 76.7 Å². The van der Waals surface area contributed by atoms with Gasteiger partial charge in [0.15, 0.2) is 5.16 Å². The first kappa shape index (κ1) is 17.5. The molecule has 1 aliphatic rings. The van der Waals surface area contributed by atoms with Gasteiger partial charge < -0.3 is 5.32 Å². The number of nitrogens with one attached hydrogen (secondary N) is 1. The Hall–Kier alpha value is -2.86. The highest BCUT2D eigenvalue weighted by molar-refractivity contribution is 7.99. The first-order chi connectivity index (χ1) is 13.1. The molecule has 6 heteroatoms. The molecule has 1 aromatic heterocycles. The van der Waals surface area contributed by atoms with Crippen molar-refractivity contribution in [2.45, 2.75) is 18.6 Å². The van der Waals surface area contributed by atoms with E-state index in [4.69, 9.17) is 0 Å². The zero-order chi connectivity index (χ0) is 18.8. The molecule has 27 heavy (non-hydrogen) atoms. The molecule has 0 radical (unpaired) electrons. The van der Waals surface area contributed by atoms with Crippen molar-refractivity contribution in [2.75, 3.05) is 11.1 Å². The van der Waals surface area contributed by atoms with Crippen molar-refractivity contribution in [3.63, 3.8) is 0 Å². The zero-order valence-corrected chi connectivity index (χ0v) is 15.7. The van der Waals surface area contributed by atoms with Gasteiger partial charge in [0.05, 0.1) is 5.92 Å². The third-order valence-corrected chi connectivity index (χ3v) is 5.79. The van der Waals surface area contributed by atoms with Gasteiger partial charge in [-0.05, 0) is 18.6 Å². The van der Waals surface area contributed by atoms with Crippen LogP contribution in [0.15, 0.2) is 70.7 Å². The summed E-state index contributed by atoms with van der Waals surface area (Å²) >= 11 is 1.45. The lowest BCUT2D eigenvalue weighted by molar-refractivity contribution is -0.119. The van der Waals surface area contributed by atoms with E-state index in [0.717, 1.165) is 16.8 Å². The summed E-state index contributed by atoms with van der Waals surface area (Å²) in [6, 6.07) is 17.7. The van der Waals surface area contributed by atoms with E-state index in [1.165, 1.54) is 11.8 Å². The molecule has 5 nitrogen and oxygen atoms in total. The summed E-state index contributed by atoms with van der Waals surface area (Å²) < 4.78 is 1.61. The fourth-order valence-corrected chi connectivity index (χ4v) is 4.20. The molecule has 0 saturated carbocycles. The molecule has 0 aliphatic carbocycles. The van der Waals surface area contributed by atoms with Crippen LogP contribution in [0.1, 0.15) is 5.56 Å². The average molecular weight is 377 g/mol. The van der Waals surface area contributed by atoms with Gasteiger partial charge in [-0.15, -0.1) is 0 Å². The van der Waals surface area contributed by atoms with Crippen LogP contribution in [0.2, 0.25) is 0 Å². The molecule has 136 valence electrons. The van der Waals surface area contributed by atoms with Crippen LogP contribution in [0.4, 0.5) is 5.69 Å². The fraction of sp³-hybridized carbons (Fsp3) is 0.190. The molecule has 0 fully saturated rings. The Balaban J connectivity index is 1.58. The Morgan fingerprint density at radius 1 is 1.15 bits per heavy atom. The minimum atomic E-state index is -0.285. The number of amides is 1. The quantitative estimate of drug-likeness (QED) is 0.709. The van der Waals surface area contributed by atoms with Crippen LogP contribution in [0, 0.1) is 12.8 Å². The molecule has 2 aromatic carbocycles. The maximum absolute atomic E-state index is 12.9. The van der Waals surface area contributed by atoms with Crippen molar-refractivity contribution in [1.82, 2.24) is 9.55 Å². The first-order valence-electron chi connectivity index (χ1n) is 8.78. The maximum atomic E-state index is 12.9. The van der Waals surface area contributed by atoms with Gasteiger partial charge in [-0.25, -0.2) is 4.98 Å². The number of para-hydroxylation sites is 1. The predicted molar refractivity (Wildman–Crippen MR) is 108 cm³/mol. The van der Waals surface area contributed by atoms with Gasteiger partial charge >= 0.3 is 0 Å². The number of hydrogen-bond acceptors (Lipinski definition) is 4. The molecule has 1 unspecified atom stereocenters. The van der Waals surface area contributed by atoms with Gasteiger partial charge in [-0.2, -0.15) is 0 Å². The Morgan fingerprint density at radius 3 is 2.70 bits per heavy atom. The summed E-state index contributed by atoms with van der Waals surface area (Å²) in [5, 5.41) is 3.74. The largest absolute Gasteiger partial charge is 0.325 e. The summed E-state index contributed by atoms with van der Waals surface area (Å²) in [6.07, 6.45) is 1.59. The van der Waals surface area contributed by atoms with Gasteiger partial charge in [-0.3, -0.25) is 14.2 Å². The fourth-order valence-electron chi connectivity index (χ4n) is 3.16. The monoisotopic (exact) mass is 377 g/mol. The zero-order valence-electron chi connectivity index (χ0n) is 14.9. The highest BCUT2D eigenvalue weighted by Gasteiger charge is 2.27. The number of thioether (sulfide) groups is 1. The summed E-state index contributed by atoms with van der Waals surface area (Å²) in [6.45, 7) is 2.10. The molecule has 1 amide bonds. The van der Waals surface area contributed by atoms with E-state index in [1.807, 2.05) is 54.6 Å². The molecule has 0 spiro atoms. The number of nitrogens with zero attached hydrogens (tertiary/aromatic N) is 2. The molecule has 1 N–H and O–H groups in total. The first-order valence-corrected chi connectivity index (χ1v) is 9.76. The van der Waals surface area contributed by atoms with E-state index in [2.05, 4.69) is 10.3 Å². The van der Waals surface area contributed by atoms with Gasteiger partial charge in [0.25, 0.3) is 5.56 Å². The smallest absolute Gasteiger partial charge is 0.257 e. The number of benzene rings is 2. The van der Waals surface area contributed by atoms with E-state index in [9.17, 15) is 9.59 Å². The van der Waals surface area contributed by atoms with E-state index in [0.29, 0.717) is 23.0 Å². The van der Waals surface area contributed by atoms with Crippen LogP contribution in [0.5, 0.6) is 0 Å². The van der Waals surface area contributed by atoms with Crippen LogP contribution in [-0.4, -0.2) is 21.2 Å². The average Bonchev–Trinajstić information content (AvgIpc) is 2.71. The molecular formula is C21H19N3O2S. The van der Waals surface area contributed by atoms with E-state index >= 15 is 0 Å². The predicted octanol–water partition coefficient (Wildman–Crippen LogP) is 3.58. The normalized spacial score (nSPS) is 15.8. The van der Waals surface area contributed by atoms with Crippen molar-refractivity contribution < 1.29 is 4.79 Å². The molecule has 2 heterocycles. The van der Waals surface area contributed by atoms with E-state index < -0.39 is 0 Å². The molecular weight excluding hydrogens is 358 g/mol. The second-order valence-electron chi connectivity index (χ2n) is 6.55. The molecule has 1 aliphatic heterocycles. The lowest BCUT2D eigenvalue weighted by Gasteiger charge is -2.24. The summed E-state index contributed by atoms with van der Waals surface area (Å²) in [7, 11) is 0. The van der Waals surface area contributed by atoms with Crippen molar-refractivity contribution in [2.24, 2.45) is 5.92 Å². The number of carbonyl (C=O) groups excluding carboxylic acids is 1. The van der Waals surface area contributed by atoms with E-state index in [1.54, 1.807) is 17.7 Å². The second-order valence-corrected chi connectivity index (χ2v) is 7.54. The minimum absolute atomic E-state index is 0.0744. The Kier molecular flexibility index (Phi) is 4.81. The summed E-state index contributed by atoms with van der Waals surface area (Å²) in [5.41, 5.74) is 3.32. The minimum Gasteiger partial charge on any atom is -0.325 e.